The number of aliphatic hydroxyl groups is 2. The molecule has 4 saturated carbocycles. The SMILES string of the molecule is C[C@H](CCCN=[N+]=[N-])[C@H]1CC[C@H]2[C@@H]3CC[C@@H]4C[C@H](O)CC[C@]4(C)[C@H]3C[C@H](O)[C@]12C. The van der Waals surface area contributed by atoms with E-state index < -0.39 is 0 Å². The number of aliphatic hydroxyl groups excluding tert-OH is 2. The minimum atomic E-state index is -0.205. The van der Waals surface area contributed by atoms with Crippen molar-refractivity contribution in [1.29, 1.82) is 0 Å². The number of rotatable bonds is 5. The van der Waals surface area contributed by atoms with Gasteiger partial charge in [-0.3, -0.25) is 0 Å². The lowest BCUT2D eigenvalue weighted by Crippen LogP contribution is -2.58. The smallest absolute Gasteiger partial charge is 0.0602 e. The molecule has 0 amide bonds. The Morgan fingerprint density at radius 2 is 1.86 bits per heavy atom. The minimum Gasteiger partial charge on any atom is -0.393 e. The van der Waals surface area contributed by atoms with Gasteiger partial charge in [0.1, 0.15) is 0 Å². The molecule has 0 unspecified atom stereocenters. The maximum Gasteiger partial charge on any atom is 0.0602 e. The van der Waals surface area contributed by atoms with E-state index in [1.807, 2.05) is 0 Å². The molecule has 4 aliphatic rings. The summed E-state index contributed by atoms with van der Waals surface area (Å²) in [5, 5.41) is 25.5. The molecular weight excluding hydrogens is 362 g/mol. The standard InChI is InChI=1S/C24H41N3O2/c1-15(5-4-12-26-27-25)19-8-9-20-18-7-6-16-13-17(28)10-11-23(16,2)21(18)14-22(29)24(19,20)3/h15-22,28-29H,4-14H2,1-3H3/t15-,16-,17-,18+,19-,20+,21+,22+,23+,24-/m1/s1. The van der Waals surface area contributed by atoms with Gasteiger partial charge in [-0.25, -0.2) is 0 Å². The van der Waals surface area contributed by atoms with Crippen LogP contribution in [-0.4, -0.2) is 29.0 Å². The van der Waals surface area contributed by atoms with Gasteiger partial charge in [0.2, 0.25) is 0 Å². The Morgan fingerprint density at radius 3 is 2.62 bits per heavy atom. The highest BCUT2D eigenvalue weighted by atomic mass is 16.3. The van der Waals surface area contributed by atoms with E-state index in [0.717, 1.165) is 44.4 Å². The molecule has 0 spiro atoms. The molecule has 0 heterocycles. The monoisotopic (exact) mass is 403 g/mol. The first kappa shape index (κ1) is 21.5. The summed E-state index contributed by atoms with van der Waals surface area (Å²) in [7, 11) is 0. The largest absolute Gasteiger partial charge is 0.393 e. The van der Waals surface area contributed by atoms with Crippen LogP contribution in [0.15, 0.2) is 5.11 Å². The van der Waals surface area contributed by atoms with Crippen LogP contribution in [0.3, 0.4) is 0 Å². The fraction of sp³-hybridized carbons (Fsp3) is 1.00. The molecular formula is C24H41N3O2. The quantitative estimate of drug-likeness (QED) is 0.267. The van der Waals surface area contributed by atoms with Crippen molar-refractivity contribution in [3.63, 3.8) is 0 Å². The average molecular weight is 404 g/mol. The summed E-state index contributed by atoms with van der Waals surface area (Å²) in [6.07, 6.45) is 10.8. The molecule has 4 aliphatic carbocycles. The average Bonchev–Trinajstić information content (AvgIpc) is 3.05. The summed E-state index contributed by atoms with van der Waals surface area (Å²) in [4.78, 5) is 2.88. The third kappa shape index (κ3) is 3.42. The third-order valence-corrected chi connectivity index (χ3v) is 10.5. The molecule has 164 valence electrons. The molecule has 0 radical (unpaired) electrons. The molecule has 0 aromatic carbocycles. The first-order chi connectivity index (χ1) is 13.8. The Labute approximate surface area is 176 Å². The number of fused-ring (bicyclic) bond motifs is 5. The second-order valence-electron chi connectivity index (χ2n) is 11.5. The van der Waals surface area contributed by atoms with Crippen molar-refractivity contribution in [2.45, 2.75) is 97.2 Å². The van der Waals surface area contributed by atoms with E-state index in [2.05, 4.69) is 30.8 Å². The van der Waals surface area contributed by atoms with E-state index in [9.17, 15) is 10.2 Å². The molecule has 0 aromatic heterocycles. The highest BCUT2D eigenvalue weighted by molar-refractivity contribution is 5.12. The molecule has 4 rings (SSSR count). The molecule has 10 atom stereocenters. The zero-order valence-electron chi connectivity index (χ0n) is 18.6. The van der Waals surface area contributed by atoms with Crippen LogP contribution in [0.1, 0.15) is 85.0 Å². The minimum absolute atomic E-state index is 0.0382. The van der Waals surface area contributed by atoms with Gasteiger partial charge in [0.05, 0.1) is 12.2 Å². The third-order valence-electron chi connectivity index (χ3n) is 10.5. The number of hydrogen-bond acceptors (Lipinski definition) is 3. The fourth-order valence-electron chi connectivity index (χ4n) is 8.89. The molecule has 0 aromatic rings. The molecule has 4 fully saturated rings. The first-order valence-electron chi connectivity index (χ1n) is 12.2. The van der Waals surface area contributed by atoms with Crippen molar-refractivity contribution >= 4 is 0 Å². The van der Waals surface area contributed by atoms with Crippen LogP contribution < -0.4 is 0 Å². The van der Waals surface area contributed by atoms with Crippen LogP contribution in [0.25, 0.3) is 10.4 Å². The molecule has 0 saturated heterocycles. The summed E-state index contributed by atoms with van der Waals surface area (Å²) in [5.74, 6) is 3.81. The van der Waals surface area contributed by atoms with Gasteiger partial charge in [-0.05, 0) is 110 Å². The Morgan fingerprint density at radius 1 is 1.07 bits per heavy atom. The van der Waals surface area contributed by atoms with Gasteiger partial charge >= 0.3 is 0 Å². The second kappa shape index (κ2) is 8.05. The second-order valence-corrected chi connectivity index (χ2v) is 11.5. The summed E-state index contributed by atoms with van der Waals surface area (Å²) in [6.45, 7) is 7.83. The zero-order chi connectivity index (χ0) is 20.8. The number of nitrogens with zero attached hydrogens (tertiary/aromatic N) is 3. The van der Waals surface area contributed by atoms with Crippen LogP contribution in [-0.2, 0) is 0 Å². The summed E-state index contributed by atoms with van der Waals surface area (Å²) in [5.41, 5.74) is 8.86. The van der Waals surface area contributed by atoms with Gasteiger partial charge in [0, 0.05) is 11.5 Å². The van der Waals surface area contributed by atoms with Crippen molar-refractivity contribution < 1.29 is 10.2 Å². The summed E-state index contributed by atoms with van der Waals surface area (Å²) >= 11 is 0. The topological polar surface area (TPSA) is 89.2 Å². The van der Waals surface area contributed by atoms with E-state index >= 15 is 0 Å². The predicted molar refractivity (Wildman–Crippen MR) is 115 cm³/mol. The Bertz CT molecular complexity index is 650. The molecule has 29 heavy (non-hydrogen) atoms. The number of hydrogen-bond donors (Lipinski definition) is 2. The lowest BCUT2D eigenvalue weighted by molar-refractivity contribution is -0.174. The molecule has 5 nitrogen and oxygen atoms in total. The van der Waals surface area contributed by atoms with Crippen molar-refractivity contribution in [3.8, 4) is 0 Å². The van der Waals surface area contributed by atoms with Crippen LogP contribution in [0.2, 0.25) is 0 Å². The van der Waals surface area contributed by atoms with Gasteiger partial charge in [-0.1, -0.05) is 32.3 Å². The van der Waals surface area contributed by atoms with Crippen LogP contribution in [0.5, 0.6) is 0 Å². The fourth-order valence-corrected chi connectivity index (χ4v) is 8.89. The van der Waals surface area contributed by atoms with E-state index in [-0.39, 0.29) is 17.6 Å². The van der Waals surface area contributed by atoms with Gasteiger partial charge in [-0.15, -0.1) is 0 Å². The lowest BCUT2D eigenvalue weighted by Gasteiger charge is -2.62. The van der Waals surface area contributed by atoms with E-state index in [1.54, 1.807) is 0 Å². The first-order valence-corrected chi connectivity index (χ1v) is 12.2. The maximum absolute atomic E-state index is 11.5. The van der Waals surface area contributed by atoms with Crippen LogP contribution in [0, 0.1) is 46.3 Å². The molecule has 5 heteroatoms. The van der Waals surface area contributed by atoms with Crippen molar-refractivity contribution in [2.75, 3.05) is 6.54 Å². The normalized spacial score (nSPS) is 50.0. The maximum atomic E-state index is 11.5. The van der Waals surface area contributed by atoms with Crippen molar-refractivity contribution in [3.05, 3.63) is 10.4 Å². The summed E-state index contributed by atoms with van der Waals surface area (Å²) in [6, 6.07) is 0. The van der Waals surface area contributed by atoms with Gasteiger partial charge in [0.15, 0.2) is 0 Å². The van der Waals surface area contributed by atoms with E-state index in [0.29, 0.717) is 41.5 Å². The lowest BCUT2D eigenvalue weighted by atomic mass is 9.43. The highest BCUT2D eigenvalue weighted by Crippen LogP contribution is 2.68. The van der Waals surface area contributed by atoms with Crippen molar-refractivity contribution in [1.82, 2.24) is 0 Å². The Hall–Kier alpha value is -0.770. The highest BCUT2D eigenvalue weighted by Gasteiger charge is 2.63. The number of azide groups is 1. The van der Waals surface area contributed by atoms with Gasteiger partial charge in [-0.2, -0.15) is 0 Å². The Kier molecular flexibility index (Phi) is 5.96. The zero-order valence-corrected chi connectivity index (χ0v) is 18.6. The Balaban J connectivity index is 1.52. The van der Waals surface area contributed by atoms with Crippen LogP contribution >= 0.6 is 0 Å². The molecule has 0 bridgehead atoms. The van der Waals surface area contributed by atoms with Crippen molar-refractivity contribution in [2.24, 2.45) is 51.5 Å². The predicted octanol–water partition coefficient (Wildman–Crippen LogP) is 5.70. The molecule has 2 N–H and O–H groups in total. The van der Waals surface area contributed by atoms with Gasteiger partial charge < -0.3 is 10.2 Å². The van der Waals surface area contributed by atoms with E-state index in [1.165, 1.54) is 25.7 Å². The van der Waals surface area contributed by atoms with Gasteiger partial charge in [0.25, 0.3) is 0 Å². The van der Waals surface area contributed by atoms with E-state index in [4.69, 9.17) is 5.53 Å². The molecule has 0 aliphatic heterocycles. The van der Waals surface area contributed by atoms with Crippen LogP contribution in [0.4, 0.5) is 0 Å². The summed E-state index contributed by atoms with van der Waals surface area (Å²) < 4.78 is 0.